The van der Waals surface area contributed by atoms with E-state index in [0.29, 0.717) is 0 Å². The van der Waals surface area contributed by atoms with Crippen LogP contribution in [0.2, 0.25) is 0 Å². The molecule has 1 heterocycles. The van der Waals surface area contributed by atoms with Crippen LogP contribution in [0.15, 0.2) is 36.5 Å². The Kier molecular flexibility index (Phi) is 3.64. The van der Waals surface area contributed by atoms with Crippen molar-refractivity contribution in [2.75, 3.05) is 13.1 Å². The van der Waals surface area contributed by atoms with Gasteiger partial charge in [0.15, 0.2) is 0 Å². The molecule has 2 saturated carbocycles. The van der Waals surface area contributed by atoms with E-state index < -0.39 is 0 Å². The third-order valence-corrected chi connectivity index (χ3v) is 5.58. The highest BCUT2D eigenvalue weighted by atomic mass is 14.9. The second kappa shape index (κ2) is 5.76. The Morgan fingerprint density at radius 3 is 2.90 bits per heavy atom. The molecule has 3 unspecified atom stereocenters. The van der Waals surface area contributed by atoms with Crippen LogP contribution in [0.3, 0.4) is 0 Å². The molecule has 2 fully saturated rings. The maximum Gasteiger partial charge on any atom is 0.0734 e. The summed E-state index contributed by atoms with van der Waals surface area (Å²) < 4.78 is 0. The Labute approximate surface area is 127 Å². The van der Waals surface area contributed by atoms with Gasteiger partial charge < -0.3 is 5.32 Å². The van der Waals surface area contributed by atoms with Crippen molar-refractivity contribution in [2.45, 2.75) is 32.1 Å². The molecule has 2 aliphatic carbocycles. The Morgan fingerprint density at radius 1 is 1.10 bits per heavy atom. The summed E-state index contributed by atoms with van der Waals surface area (Å²) in [4.78, 5) is 4.54. The van der Waals surface area contributed by atoms with E-state index in [0.717, 1.165) is 30.7 Å². The first-order valence-corrected chi connectivity index (χ1v) is 8.43. The van der Waals surface area contributed by atoms with Gasteiger partial charge in [-0.3, -0.25) is 4.98 Å². The number of benzene rings is 1. The van der Waals surface area contributed by atoms with Gasteiger partial charge in [-0.1, -0.05) is 30.7 Å². The SMILES string of the molecule is c1cnc2c(CCNCC3CC4CCC3C4)cccc2c1. The molecule has 0 spiro atoms. The Morgan fingerprint density at radius 2 is 2.05 bits per heavy atom. The quantitative estimate of drug-likeness (QED) is 0.843. The molecule has 0 saturated heterocycles. The Hall–Kier alpha value is -1.41. The standard InChI is InChI=1S/C19H24N2/c1-3-15-5-2-9-21-19(15)16(4-1)8-10-20-13-18-12-14-6-7-17(18)11-14/h1-5,9,14,17-18,20H,6-8,10-13H2. The minimum Gasteiger partial charge on any atom is -0.316 e. The molecule has 1 N–H and O–H groups in total. The van der Waals surface area contributed by atoms with Gasteiger partial charge >= 0.3 is 0 Å². The van der Waals surface area contributed by atoms with E-state index in [9.17, 15) is 0 Å². The van der Waals surface area contributed by atoms with Crippen molar-refractivity contribution in [1.29, 1.82) is 0 Å². The first-order valence-electron chi connectivity index (χ1n) is 8.43. The molecule has 2 bridgehead atoms. The highest BCUT2D eigenvalue weighted by Gasteiger charge is 2.38. The topological polar surface area (TPSA) is 24.9 Å². The van der Waals surface area contributed by atoms with Crippen molar-refractivity contribution in [2.24, 2.45) is 17.8 Å². The molecule has 3 atom stereocenters. The molecule has 2 aromatic rings. The lowest BCUT2D eigenvalue weighted by Crippen LogP contribution is -2.28. The van der Waals surface area contributed by atoms with Crippen molar-refractivity contribution >= 4 is 10.9 Å². The van der Waals surface area contributed by atoms with Crippen LogP contribution in [-0.4, -0.2) is 18.1 Å². The van der Waals surface area contributed by atoms with Crippen LogP contribution < -0.4 is 5.32 Å². The first-order chi connectivity index (χ1) is 10.4. The largest absolute Gasteiger partial charge is 0.316 e. The lowest BCUT2D eigenvalue weighted by atomic mass is 9.89. The van der Waals surface area contributed by atoms with Gasteiger partial charge in [-0.2, -0.15) is 0 Å². The molecule has 0 aliphatic heterocycles. The fourth-order valence-electron chi connectivity index (χ4n) is 4.51. The second-order valence-corrected chi connectivity index (χ2v) is 6.88. The second-order valence-electron chi connectivity index (χ2n) is 6.88. The molecule has 0 amide bonds. The maximum absolute atomic E-state index is 4.54. The van der Waals surface area contributed by atoms with E-state index in [1.54, 1.807) is 0 Å². The van der Waals surface area contributed by atoms with E-state index in [2.05, 4.69) is 34.6 Å². The normalized spacial score (nSPS) is 27.5. The summed E-state index contributed by atoms with van der Waals surface area (Å²) in [6, 6.07) is 10.7. The van der Waals surface area contributed by atoms with Crippen molar-refractivity contribution in [3.63, 3.8) is 0 Å². The molecule has 2 nitrogen and oxygen atoms in total. The number of aromatic nitrogens is 1. The highest BCUT2D eigenvalue weighted by molar-refractivity contribution is 5.81. The number of hydrogen-bond donors (Lipinski definition) is 1. The Balaban J connectivity index is 1.32. The zero-order valence-corrected chi connectivity index (χ0v) is 12.6. The summed E-state index contributed by atoms with van der Waals surface area (Å²) in [5.41, 5.74) is 2.54. The minimum atomic E-state index is 0.953. The van der Waals surface area contributed by atoms with E-state index in [1.807, 2.05) is 12.3 Å². The van der Waals surface area contributed by atoms with Crippen molar-refractivity contribution < 1.29 is 0 Å². The van der Waals surface area contributed by atoms with E-state index >= 15 is 0 Å². The third kappa shape index (κ3) is 2.69. The number of nitrogens with zero attached hydrogens (tertiary/aromatic N) is 1. The smallest absolute Gasteiger partial charge is 0.0734 e. The number of nitrogens with one attached hydrogen (secondary N) is 1. The zero-order chi connectivity index (χ0) is 14.1. The summed E-state index contributed by atoms with van der Waals surface area (Å²) >= 11 is 0. The average Bonchev–Trinajstić information content (AvgIpc) is 3.14. The molecule has 4 rings (SSSR count). The molecular formula is C19H24N2. The third-order valence-electron chi connectivity index (χ3n) is 5.58. The number of para-hydroxylation sites is 1. The van der Waals surface area contributed by atoms with Crippen LogP contribution in [0.4, 0.5) is 0 Å². The van der Waals surface area contributed by atoms with Crippen LogP contribution in [0.5, 0.6) is 0 Å². The van der Waals surface area contributed by atoms with Crippen LogP contribution in [0.25, 0.3) is 10.9 Å². The highest BCUT2D eigenvalue weighted by Crippen LogP contribution is 2.47. The summed E-state index contributed by atoms with van der Waals surface area (Å²) in [5.74, 6) is 3.04. The average molecular weight is 280 g/mol. The first kappa shape index (κ1) is 13.3. The summed E-state index contributed by atoms with van der Waals surface area (Å²) in [6.45, 7) is 2.29. The fourth-order valence-corrected chi connectivity index (χ4v) is 4.51. The van der Waals surface area contributed by atoms with Crippen LogP contribution in [-0.2, 0) is 6.42 Å². The van der Waals surface area contributed by atoms with E-state index in [4.69, 9.17) is 0 Å². The van der Waals surface area contributed by atoms with Gasteiger partial charge in [0.25, 0.3) is 0 Å². The van der Waals surface area contributed by atoms with E-state index in [-0.39, 0.29) is 0 Å². The van der Waals surface area contributed by atoms with Gasteiger partial charge in [0.05, 0.1) is 5.52 Å². The van der Waals surface area contributed by atoms with Crippen LogP contribution in [0.1, 0.15) is 31.2 Å². The van der Waals surface area contributed by atoms with Crippen molar-refractivity contribution in [3.8, 4) is 0 Å². The molecule has 2 aliphatic rings. The molecule has 21 heavy (non-hydrogen) atoms. The molecule has 2 heteroatoms. The maximum atomic E-state index is 4.54. The van der Waals surface area contributed by atoms with Crippen molar-refractivity contribution in [3.05, 3.63) is 42.1 Å². The molecule has 1 aromatic carbocycles. The van der Waals surface area contributed by atoms with Gasteiger partial charge in [-0.15, -0.1) is 0 Å². The molecule has 110 valence electrons. The van der Waals surface area contributed by atoms with Gasteiger partial charge in [-0.05, 0) is 68.2 Å². The lowest BCUT2D eigenvalue weighted by Gasteiger charge is -2.21. The zero-order valence-electron chi connectivity index (χ0n) is 12.6. The molecule has 1 aromatic heterocycles. The number of rotatable bonds is 5. The molecule has 0 radical (unpaired) electrons. The van der Waals surface area contributed by atoms with Crippen molar-refractivity contribution in [1.82, 2.24) is 10.3 Å². The number of pyridine rings is 1. The monoisotopic (exact) mass is 280 g/mol. The predicted molar refractivity (Wildman–Crippen MR) is 87.3 cm³/mol. The number of hydrogen-bond acceptors (Lipinski definition) is 2. The minimum absolute atomic E-state index is 0.953. The van der Waals surface area contributed by atoms with E-state index in [1.165, 1.54) is 48.7 Å². The summed E-state index contributed by atoms with van der Waals surface area (Å²) in [7, 11) is 0. The lowest BCUT2D eigenvalue weighted by molar-refractivity contribution is 0.320. The van der Waals surface area contributed by atoms with Gasteiger partial charge in [-0.25, -0.2) is 0 Å². The molecular weight excluding hydrogens is 256 g/mol. The summed E-state index contributed by atoms with van der Waals surface area (Å²) in [5, 5.41) is 4.95. The van der Waals surface area contributed by atoms with Gasteiger partial charge in [0.2, 0.25) is 0 Å². The Bertz CT molecular complexity index is 616. The van der Waals surface area contributed by atoms with Gasteiger partial charge in [0.1, 0.15) is 0 Å². The van der Waals surface area contributed by atoms with Crippen LogP contribution >= 0.6 is 0 Å². The number of fused-ring (bicyclic) bond motifs is 3. The predicted octanol–water partition coefficient (Wildman–Crippen LogP) is 3.80. The fraction of sp³-hybridized carbons (Fsp3) is 0.526. The van der Waals surface area contributed by atoms with Gasteiger partial charge in [0, 0.05) is 11.6 Å². The van der Waals surface area contributed by atoms with Crippen LogP contribution in [0, 0.1) is 17.8 Å². The summed E-state index contributed by atoms with van der Waals surface area (Å²) in [6.07, 6.45) is 8.96.